The minimum Gasteiger partial charge on any atom is -0.444 e. The lowest BCUT2D eigenvalue weighted by Gasteiger charge is -2.42. The minimum atomic E-state index is -3.14. The second kappa shape index (κ2) is 9.64. The number of benzene rings is 1. The first-order chi connectivity index (χ1) is 18.0. The SMILES string of the molecule is CC(C)(C)OC(=O)N1CCN(c2ccc3ncnc(Nc4ccc(OC(F)F)c(Cl)c4F)c3n2)CC12CC2. The molecule has 1 amide bonds. The molecule has 2 aliphatic rings. The Hall–Kier alpha value is -3.54. The number of fused-ring (bicyclic) bond motifs is 1. The summed E-state index contributed by atoms with van der Waals surface area (Å²) in [4.78, 5) is 29.9. The number of alkyl halides is 2. The topological polar surface area (TPSA) is 92.7 Å². The molecule has 1 aliphatic heterocycles. The van der Waals surface area contributed by atoms with Gasteiger partial charge in [0.15, 0.2) is 11.6 Å². The Morgan fingerprint density at radius 1 is 1.16 bits per heavy atom. The molecule has 1 aromatic carbocycles. The van der Waals surface area contributed by atoms with Crippen LogP contribution in [0.4, 0.5) is 35.3 Å². The molecule has 3 aromatic rings. The molecular weight excluding hydrogens is 525 g/mol. The number of anilines is 3. The van der Waals surface area contributed by atoms with E-state index in [1.54, 1.807) is 6.07 Å². The third-order valence-corrected chi connectivity index (χ3v) is 6.75. The smallest absolute Gasteiger partial charge is 0.410 e. The molecule has 38 heavy (non-hydrogen) atoms. The number of aromatic nitrogens is 3. The molecule has 1 spiro atoms. The van der Waals surface area contributed by atoms with Gasteiger partial charge in [0.1, 0.15) is 34.0 Å². The molecule has 1 saturated heterocycles. The van der Waals surface area contributed by atoms with Crippen LogP contribution in [-0.2, 0) is 4.74 Å². The molecule has 1 saturated carbocycles. The van der Waals surface area contributed by atoms with E-state index in [4.69, 9.17) is 21.3 Å². The van der Waals surface area contributed by atoms with Gasteiger partial charge < -0.3 is 19.7 Å². The van der Waals surface area contributed by atoms with Gasteiger partial charge in [-0.3, -0.25) is 4.90 Å². The summed E-state index contributed by atoms with van der Waals surface area (Å²) in [6.07, 6.45) is 2.74. The maximum absolute atomic E-state index is 14.8. The standard InChI is InChI=1S/C25H26ClF3N6O3/c1-24(2,3)38-23(36)35-11-10-34(12-25(35)8-9-25)17-7-5-15-20(33-17)21(31-13-30-15)32-14-4-6-16(37-22(28)29)18(26)19(14)27/h4-7,13,22H,8-12H2,1-3H3,(H,30,31,32). The van der Waals surface area contributed by atoms with Crippen LogP contribution in [0.2, 0.25) is 5.02 Å². The lowest BCUT2D eigenvalue weighted by molar-refractivity contribution is -0.0499. The van der Waals surface area contributed by atoms with Gasteiger partial charge in [-0.25, -0.2) is 24.1 Å². The quantitative estimate of drug-likeness (QED) is 0.429. The molecule has 2 fully saturated rings. The highest BCUT2D eigenvalue weighted by Crippen LogP contribution is 2.45. The number of ether oxygens (including phenoxy) is 2. The second-order valence-corrected chi connectivity index (χ2v) is 10.7. The maximum atomic E-state index is 14.8. The molecule has 0 unspecified atom stereocenters. The van der Waals surface area contributed by atoms with Crippen LogP contribution < -0.4 is 15.0 Å². The highest BCUT2D eigenvalue weighted by molar-refractivity contribution is 6.32. The van der Waals surface area contributed by atoms with E-state index < -0.39 is 28.8 Å². The molecule has 1 aliphatic carbocycles. The second-order valence-electron chi connectivity index (χ2n) is 10.3. The Morgan fingerprint density at radius 2 is 1.92 bits per heavy atom. The van der Waals surface area contributed by atoms with Gasteiger partial charge >= 0.3 is 12.7 Å². The minimum absolute atomic E-state index is 0.0910. The van der Waals surface area contributed by atoms with E-state index in [1.807, 2.05) is 31.7 Å². The summed E-state index contributed by atoms with van der Waals surface area (Å²) < 4.78 is 49.8. The number of carbonyl (C=O) groups excluding carboxylic acids is 1. The number of nitrogens with one attached hydrogen (secondary N) is 1. The van der Waals surface area contributed by atoms with Crippen molar-refractivity contribution < 1.29 is 27.4 Å². The number of carbonyl (C=O) groups is 1. The van der Waals surface area contributed by atoms with Crippen molar-refractivity contribution in [3.05, 3.63) is 41.4 Å². The average Bonchev–Trinajstić information content (AvgIpc) is 3.61. The van der Waals surface area contributed by atoms with E-state index in [9.17, 15) is 18.0 Å². The number of piperazine rings is 1. The van der Waals surface area contributed by atoms with E-state index in [-0.39, 0.29) is 23.1 Å². The first kappa shape index (κ1) is 26.1. The zero-order valence-electron chi connectivity index (χ0n) is 21.0. The van der Waals surface area contributed by atoms with Gasteiger partial charge in [-0.05, 0) is 57.9 Å². The highest BCUT2D eigenvalue weighted by Gasteiger charge is 2.54. The zero-order valence-corrected chi connectivity index (χ0v) is 21.7. The Balaban J connectivity index is 1.39. The molecule has 1 N–H and O–H groups in total. The summed E-state index contributed by atoms with van der Waals surface area (Å²) in [7, 11) is 0. The first-order valence-electron chi connectivity index (χ1n) is 12.0. The predicted octanol–water partition coefficient (Wildman–Crippen LogP) is 5.75. The molecule has 5 rings (SSSR count). The summed E-state index contributed by atoms with van der Waals surface area (Å²) in [5.74, 6) is -0.577. The van der Waals surface area contributed by atoms with E-state index in [1.165, 1.54) is 12.4 Å². The van der Waals surface area contributed by atoms with Gasteiger partial charge in [-0.15, -0.1) is 0 Å². The summed E-state index contributed by atoms with van der Waals surface area (Å²) >= 11 is 5.89. The van der Waals surface area contributed by atoms with Gasteiger partial charge in [0.2, 0.25) is 0 Å². The molecule has 2 aromatic heterocycles. The van der Waals surface area contributed by atoms with Gasteiger partial charge in [-0.2, -0.15) is 8.78 Å². The van der Waals surface area contributed by atoms with Crippen molar-refractivity contribution in [2.75, 3.05) is 29.9 Å². The third kappa shape index (κ3) is 5.22. The summed E-state index contributed by atoms with van der Waals surface area (Å²) in [6, 6.07) is 5.99. The van der Waals surface area contributed by atoms with Crippen LogP contribution >= 0.6 is 11.6 Å². The molecule has 0 radical (unpaired) electrons. The Morgan fingerprint density at radius 3 is 2.61 bits per heavy atom. The largest absolute Gasteiger partial charge is 0.444 e. The normalized spacial score (nSPS) is 16.7. The Labute approximate surface area is 221 Å². The fourth-order valence-electron chi connectivity index (χ4n) is 4.49. The average molecular weight is 551 g/mol. The van der Waals surface area contributed by atoms with Gasteiger partial charge in [0.25, 0.3) is 0 Å². The number of hydrogen-bond donors (Lipinski definition) is 1. The van der Waals surface area contributed by atoms with Crippen molar-refractivity contribution in [2.45, 2.75) is 51.4 Å². The van der Waals surface area contributed by atoms with E-state index in [0.717, 1.165) is 18.9 Å². The van der Waals surface area contributed by atoms with Gasteiger partial charge in [0, 0.05) is 19.6 Å². The Bertz CT molecular complexity index is 1380. The summed E-state index contributed by atoms with van der Waals surface area (Å²) in [6.45, 7) is 4.03. The molecular formula is C25H26ClF3N6O3. The monoisotopic (exact) mass is 550 g/mol. The summed E-state index contributed by atoms with van der Waals surface area (Å²) in [5, 5.41) is 2.25. The zero-order chi connectivity index (χ0) is 27.2. The fraction of sp³-hybridized carbons (Fsp3) is 0.440. The van der Waals surface area contributed by atoms with Gasteiger partial charge in [0.05, 0.1) is 16.7 Å². The maximum Gasteiger partial charge on any atom is 0.410 e. The summed E-state index contributed by atoms with van der Waals surface area (Å²) in [5.41, 5.74) is -0.0652. The van der Waals surface area contributed by atoms with E-state index >= 15 is 0 Å². The number of nitrogens with zero attached hydrogens (tertiary/aromatic N) is 5. The number of amides is 1. The van der Waals surface area contributed by atoms with Crippen LogP contribution in [0.25, 0.3) is 11.0 Å². The number of rotatable bonds is 5. The lowest BCUT2D eigenvalue weighted by Crippen LogP contribution is -2.58. The van der Waals surface area contributed by atoms with Crippen LogP contribution in [0.15, 0.2) is 30.6 Å². The van der Waals surface area contributed by atoms with E-state index in [2.05, 4.69) is 24.9 Å². The fourth-order valence-corrected chi connectivity index (χ4v) is 4.70. The van der Waals surface area contributed by atoms with Crippen molar-refractivity contribution in [3.8, 4) is 5.75 Å². The number of halogens is 4. The molecule has 13 heteroatoms. The van der Waals surface area contributed by atoms with Gasteiger partial charge in [-0.1, -0.05) is 11.6 Å². The number of pyridine rings is 1. The predicted molar refractivity (Wildman–Crippen MR) is 136 cm³/mol. The highest BCUT2D eigenvalue weighted by atomic mass is 35.5. The molecule has 0 bridgehead atoms. The molecule has 9 nitrogen and oxygen atoms in total. The van der Waals surface area contributed by atoms with E-state index in [0.29, 0.717) is 36.5 Å². The molecule has 202 valence electrons. The molecule has 3 heterocycles. The third-order valence-electron chi connectivity index (χ3n) is 6.40. The van der Waals surface area contributed by atoms with Crippen molar-refractivity contribution >= 4 is 46.1 Å². The van der Waals surface area contributed by atoms with Crippen molar-refractivity contribution in [1.29, 1.82) is 0 Å². The van der Waals surface area contributed by atoms with Crippen LogP contribution in [0.3, 0.4) is 0 Å². The first-order valence-corrected chi connectivity index (χ1v) is 12.4. The van der Waals surface area contributed by atoms with Crippen LogP contribution in [0.5, 0.6) is 5.75 Å². The van der Waals surface area contributed by atoms with Crippen molar-refractivity contribution in [3.63, 3.8) is 0 Å². The van der Waals surface area contributed by atoms with Crippen molar-refractivity contribution in [2.24, 2.45) is 0 Å². The van der Waals surface area contributed by atoms with Crippen LogP contribution in [-0.4, -0.2) is 63.3 Å². The molecule has 0 atom stereocenters. The Kier molecular flexibility index (Phi) is 6.62. The van der Waals surface area contributed by atoms with Crippen LogP contribution in [0.1, 0.15) is 33.6 Å². The van der Waals surface area contributed by atoms with Crippen LogP contribution in [0, 0.1) is 5.82 Å². The number of hydrogen-bond acceptors (Lipinski definition) is 8. The van der Waals surface area contributed by atoms with Crippen molar-refractivity contribution in [1.82, 2.24) is 19.9 Å². The lowest BCUT2D eigenvalue weighted by atomic mass is 10.1.